The highest BCUT2D eigenvalue weighted by molar-refractivity contribution is 6.00. The third-order valence-electron chi connectivity index (χ3n) is 5.31. The van der Waals surface area contributed by atoms with Gasteiger partial charge in [-0.05, 0) is 43.0 Å². The molecule has 1 aromatic carbocycles. The number of aryl methyl sites for hydroxylation is 1. The number of nitrogens with zero attached hydrogens (tertiary/aromatic N) is 1. The minimum absolute atomic E-state index is 0. The van der Waals surface area contributed by atoms with E-state index in [1.54, 1.807) is 4.90 Å². The maximum atomic E-state index is 12.6. The van der Waals surface area contributed by atoms with E-state index < -0.39 is 0 Å². The van der Waals surface area contributed by atoms with Gasteiger partial charge in [0.15, 0.2) is 0 Å². The van der Waals surface area contributed by atoms with Crippen molar-refractivity contribution in [2.75, 3.05) is 24.5 Å². The lowest BCUT2D eigenvalue weighted by atomic mass is 9.94. The van der Waals surface area contributed by atoms with Crippen molar-refractivity contribution < 1.29 is 9.59 Å². The van der Waals surface area contributed by atoms with Gasteiger partial charge in [-0.25, -0.2) is 0 Å². The number of carbonyl (C=O) groups excluding carboxylic acids is 2. The van der Waals surface area contributed by atoms with E-state index in [0.717, 1.165) is 31.6 Å². The van der Waals surface area contributed by atoms with Crippen LogP contribution >= 0.6 is 12.4 Å². The summed E-state index contributed by atoms with van der Waals surface area (Å²) in [6.07, 6.45) is 2.35. The number of hydrogen-bond donors (Lipinski definition) is 2. The van der Waals surface area contributed by atoms with E-state index in [0.29, 0.717) is 18.9 Å². The van der Waals surface area contributed by atoms with Gasteiger partial charge < -0.3 is 15.5 Å². The molecule has 2 aliphatic heterocycles. The normalized spacial score (nSPS) is 26.2. The van der Waals surface area contributed by atoms with Crippen LogP contribution in [0.5, 0.6) is 0 Å². The minimum atomic E-state index is -0.252. The summed E-state index contributed by atoms with van der Waals surface area (Å²) >= 11 is 0. The molecule has 25 heavy (non-hydrogen) atoms. The number of benzene rings is 1. The third kappa shape index (κ3) is 4.53. The van der Waals surface area contributed by atoms with Crippen LogP contribution in [0, 0.1) is 11.8 Å². The largest absolute Gasteiger partial charge is 0.352 e. The summed E-state index contributed by atoms with van der Waals surface area (Å²) in [5.41, 5.74) is 2.14. The van der Waals surface area contributed by atoms with Crippen molar-refractivity contribution in [3.63, 3.8) is 0 Å². The number of rotatable bonds is 4. The fourth-order valence-electron chi connectivity index (χ4n) is 3.53. The standard InChI is InChI=1S/C19H27N3O2.ClH/c1-3-14-4-6-16(7-5-14)22-12-15(10-18(22)23)19(24)21-17-11-20-9-8-13(17)2;/h4-7,13,15,17,20H,3,8-12H2,1-2H3,(H,21,24);1H. The Morgan fingerprint density at radius 3 is 2.68 bits per heavy atom. The molecule has 3 unspecified atom stereocenters. The molecule has 1 aromatic rings. The van der Waals surface area contributed by atoms with Crippen molar-refractivity contribution in [3.8, 4) is 0 Å². The van der Waals surface area contributed by atoms with E-state index in [2.05, 4.69) is 24.5 Å². The maximum absolute atomic E-state index is 12.6. The van der Waals surface area contributed by atoms with Gasteiger partial charge in [-0.1, -0.05) is 26.0 Å². The van der Waals surface area contributed by atoms with E-state index in [-0.39, 0.29) is 36.2 Å². The van der Waals surface area contributed by atoms with E-state index in [4.69, 9.17) is 0 Å². The van der Waals surface area contributed by atoms with E-state index in [9.17, 15) is 9.59 Å². The first kappa shape index (κ1) is 19.7. The Balaban J connectivity index is 0.00000225. The number of hydrogen-bond acceptors (Lipinski definition) is 3. The molecule has 2 heterocycles. The molecule has 5 nitrogen and oxygen atoms in total. The lowest BCUT2D eigenvalue weighted by molar-refractivity contribution is -0.127. The Bertz CT molecular complexity index is 605. The van der Waals surface area contributed by atoms with Crippen LogP contribution in [0.25, 0.3) is 0 Å². The number of carbonyl (C=O) groups is 2. The second kappa shape index (κ2) is 8.68. The van der Waals surface area contributed by atoms with E-state index >= 15 is 0 Å². The zero-order chi connectivity index (χ0) is 17.1. The summed E-state index contributed by atoms with van der Waals surface area (Å²) < 4.78 is 0. The summed E-state index contributed by atoms with van der Waals surface area (Å²) in [6.45, 7) is 6.59. The highest BCUT2D eigenvalue weighted by atomic mass is 35.5. The van der Waals surface area contributed by atoms with E-state index in [1.165, 1.54) is 5.56 Å². The van der Waals surface area contributed by atoms with Crippen LogP contribution in [0.15, 0.2) is 24.3 Å². The van der Waals surface area contributed by atoms with Crippen LogP contribution in [-0.4, -0.2) is 37.5 Å². The molecular formula is C19H28ClN3O2. The number of piperidine rings is 1. The van der Waals surface area contributed by atoms with Crippen LogP contribution in [-0.2, 0) is 16.0 Å². The molecule has 0 bridgehead atoms. The third-order valence-corrected chi connectivity index (χ3v) is 5.31. The van der Waals surface area contributed by atoms with Crippen molar-refractivity contribution in [2.24, 2.45) is 11.8 Å². The van der Waals surface area contributed by atoms with Crippen molar-refractivity contribution in [3.05, 3.63) is 29.8 Å². The highest BCUT2D eigenvalue weighted by Gasteiger charge is 2.36. The van der Waals surface area contributed by atoms with Crippen LogP contribution in [0.2, 0.25) is 0 Å². The fourth-order valence-corrected chi connectivity index (χ4v) is 3.53. The van der Waals surface area contributed by atoms with Crippen LogP contribution < -0.4 is 15.5 Å². The molecule has 0 saturated carbocycles. The molecule has 2 aliphatic rings. The second-order valence-electron chi connectivity index (χ2n) is 7.01. The van der Waals surface area contributed by atoms with Gasteiger partial charge in [0, 0.05) is 31.2 Å². The van der Waals surface area contributed by atoms with Gasteiger partial charge in [0.05, 0.1) is 5.92 Å². The van der Waals surface area contributed by atoms with Crippen molar-refractivity contribution >= 4 is 29.9 Å². The molecule has 3 atom stereocenters. The molecule has 2 fully saturated rings. The summed E-state index contributed by atoms with van der Waals surface area (Å²) in [4.78, 5) is 26.6. The van der Waals surface area contributed by atoms with Crippen molar-refractivity contribution in [1.29, 1.82) is 0 Å². The molecule has 0 spiro atoms. The molecular weight excluding hydrogens is 338 g/mol. The number of amides is 2. The van der Waals surface area contributed by atoms with Crippen molar-refractivity contribution in [1.82, 2.24) is 10.6 Å². The van der Waals surface area contributed by atoms with Gasteiger partial charge >= 0.3 is 0 Å². The Morgan fingerprint density at radius 1 is 1.32 bits per heavy atom. The maximum Gasteiger partial charge on any atom is 0.227 e. The Kier molecular flexibility index (Phi) is 6.85. The first-order valence-electron chi connectivity index (χ1n) is 8.99. The second-order valence-corrected chi connectivity index (χ2v) is 7.01. The van der Waals surface area contributed by atoms with Crippen molar-refractivity contribution in [2.45, 2.75) is 39.2 Å². The van der Waals surface area contributed by atoms with Crippen LogP contribution in [0.4, 0.5) is 5.69 Å². The van der Waals surface area contributed by atoms with Gasteiger partial charge in [-0.3, -0.25) is 9.59 Å². The fraction of sp³-hybridized carbons (Fsp3) is 0.579. The molecule has 0 radical (unpaired) electrons. The Hall–Kier alpha value is -1.59. The van der Waals surface area contributed by atoms with Gasteiger partial charge in [0.2, 0.25) is 11.8 Å². The molecule has 2 amide bonds. The van der Waals surface area contributed by atoms with Crippen LogP contribution in [0.1, 0.15) is 32.3 Å². The summed E-state index contributed by atoms with van der Waals surface area (Å²) in [7, 11) is 0. The Morgan fingerprint density at radius 2 is 2.04 bits per heavy atom. The smallest absolute Gasteiger partial charge is 0.227 e. The zero-order valence-corrected chi connectivity index (χ0v) is 15.8. The predicted octanol–water partition coefficient (Wildman–Crippen LogP) is 2.14. The first-order chi connectivity index (χ1) is 11.6. The monoisotopic (exact) mass is 365 g/mol. The first-order valence-corrected chi connectivity index (χ1v) is 8.99. The average Bonchev–Trinajstić information content (AvgIpc) is 2.99. The molecule has 138 valence electrons. The number of halogens is 1. The Labute approximate surface area is 155 Å². The number of anilines is 1. The average molecular weight is 366 g/mol. The molecule has 2 saturated heterocycles. The zero-order valence-electron chi connectivity index (χ0n) is 15.0. The highest BCUT2D eigenvalue weighted by Crippen LogP contribution is 2.26. The lowest BCUT2D eigenvalue weighted by Gasteiger charge is -2.31. The minimum Gasteiger partial charge on any atom is -0.352 e. The summed E-state index contributed by atoms with van der Waals surface area (Å²) in [5, 5.41) is 6.46. The molecule has 0 aromatic heterocycles. The molecule has 6 heteroatoms. The molecule has 0 aliphatic carbocycles. The number of nitrogens with one attached hydrogen (secondary N) is 2. The summed E-state index contributed by atoms with van der Waals surface area (Å²) in [5.74, 6) is 0.272. The molecule has 3 rings (SSSR count). The van der Waals surface area contributed by atoms with Gasteiger partial charge in [-0.2, -0.15) is 0 Å². The predicted molar refractivity (Wildman–Crippen MR) is 102 cm³/mol. The lowest BCUT2D eigenvalue weighted by Crippen LogP contribution is -2.51. The van der Waals surface area contributed by atoms with Gasteiger partial charge in [0.1, 0.15) is 0 Å². The quantitative estimate of drug-likeness (QED) is 0.859. The topological polar surface area (TPSA) is 61.4 Å². The molecule has 2 N–H and O–H groups in total. The van der Waals surface area contributed by atoms with Gasteiger partial charge in [0.25, 0.3) is 0 Å². The van der Waals surface area contributed by atoms with Crippen LogP contribution in [0.3, 0.4) is 0 Å². The summed E-state index contributed by atoms with van der Waals surface area (Å²) in [6, 6.07) is 8.21. The van der Waals surface area contributed by atoms with Gasteiger partial charge in [-0.15, -0.1) is 12.4 Å². The van der Waals surface area contributed by atoms with E-state index in [1.807, 2.05) is 24.3 Å². The SMILES string of the molecule is CCc1ccc(N2CC(C(=O)NC3CNCCC3C)CC2=O)cc1.Cl.